The summed E-state index contributed by atoms with van der Waals surface area (Å²) in [5, 5.41) is 25.4. The molecule has 1 saturated carbocycles. The van der Waals surface area contributed by atoms with E-state index in [0.717, 1.165) is 6.42 Å². The SMILES string of the molecule is O=C(O)C[C@@H]1C[C@H]1CC(O)O. The molecule has 64 valence electrons. The third-order valence-electron chi connectivity index (χ3n) is 2.02. The van der Waals surface area contributed by atoms with Gasteiger partial charge in [0.15, 0.2) is 6.29 Å². The summed E-state index contributed by atoms with van der Waals surface area (Å²) in [6, 6.07) is 0. The van der Waals surface area contributed by atoms with E-state index in [-0.39, 0.29) is 18.3 Å². The van der Waals surface area contributed by atoms with E-state index in [0.29, 0.717) is 6.42 Å². The Morgan fingerprint density at radius 1 is 1.45 bits per heavy atom. The molecule has 1 rings (SSSR count). The fraction of sp³-hybridized carbons (Fsp3) is 0.857. The summed E-state index contributed by atoms with van der Waals surface area (Å²) in [6.45, 7) is 0. The van der Waals surface area contributed by atoms with E-state index in [1.54, 1.807) is 0 Å². The quantitative estimate of drug-likeness (QED) is 0.497. The Morgan fingerprint density at radius 2 is 2.09 bits per heavy atom. The summed E-state index contributed by atoms with van der Waals surface area (Å²) >= 11 is 0. The van der Waals surface area contributed by atoms with E-state index >= 15 is 0 Å². The van der Waals surface area contributed by atoms with Crippen molar-refractivity contribution >= 4 is 5.97 Å². The average Bonchev–Trinajstić information content (AvgIpc) is 2.43. The van der Waals surface area contributed by atoms with Crippen molar-refractivity contribution in [2.45, 2.75) is 25.6 Å². The van der Waals surface area contributed by atoms with E-state index in [2.05, 4.69) is 0 Å². The van der Waals surface area contributed by atoms with Crippen LogP contribution in [0.2, 0.25) is 0 Å². The molecule has 1 fully saturated rings. The standard InChI is InChI=1S/C7H12O4/c8-6(9)2-4-1-5(4)3-7(10)11/h4-6,8-9H,1-3H2,(H,10,11)/t4-,5-/m0/s1. The molecule has 4 nitrogen and oxygen atoms in total. The van der Waals surface area contributed by atoms with Gasteiger partial charge in [0, 0.05) is 12.8 Å². The zero-order chi connectivity index (χ0) is 8.43. The summed E-state index contributed by atoms with van der Waals surface area (Å²) in [5.41, 5.74) is 0. The van der Waals surface area contributed by atoms with Gasteiger partial charge < -0.3 is 15.3 Å². The molecule has 11 heavy (non-hydrogen) atoms. The minimum Gasteiger partial charge on any atom is -0.481 e. The predicted octanol–water partition coefficient (Wildman–Crippen LogP) is -0.202. The Hall–Kier alpha value is -0.610. The van der Waals surface area contributed by atoms with Crippen molar-refractivity contribution in [2.75, 3.05) is 0 Å². The van der Waals surface area contributed by atoms with Crippen molar-refractivity contribution in [1.29, 1.82) is 0 Å². The number of rotatable bonds is 4. The summed E-state index contributed by atoms with van der Waals surface area (Å²) in [4.78, 5) is 10.2. The first-order valence-corrected chi connectivity index (χ1v) is 3.67. The van der Waals surface area contributed by atoms with Crippen LogP contribution >= 0.6 is 0 Å². The fourth-order valence-electron chi connectivity index (χ4n) is 1.34. The molecular weight excluding hydrogens is 148 g/mol. The maximum absolute atomic E-state index is 10.2. The van der Waals surface area contributed by atoms with Gasteiger partial charge in [0.05, 0.1) is 0 Å². The Labute approximate surface area is 64.5 Å². The minimum atomic E-state index is -1.28. The molecule has 0 aliphatic heterocycles. The number of aliphatic hydroxyl groups is 2. The van der Waals surface area contributed by atoms with Gasteiger partial charge in [-0.2, -0.15) is 0 Å². The number of carboxylic acid groups (broad SMARTS) is 1. The molecule has 0 spiro atoms. The minimum absolute atomic E-state index is 0.164. The monoisotopic (exact) mass is 160 g/mol. The summed E-state index contributed by atoms with van der Waals surface area (Å²) in [7, 11) is 0. The Morgan fingerprint density at radius 3 is 2.55 bits per heavy atom. The largest absolute Gasteiger partial charge is 0.481 e. The Balaban J connectivity index is 2.11. The molecule has 1 aliphatic carbocycles. The van der Waals surface area contributed by atoms with Gasteiger partial charge in [0.2, 0.25) is 0 Å². The van der Waals surface area contributed by atoms with Crippen LogP contribution in [0.3, 0.4) is 0 Å². The van der Waals surface area contributed by atoms with Crippen molar-refractivity contribution in [3.8, 4) is 0 Å². The van der Waals surface area contributed by atoms with Crippen LogP contribution in [-0.2, 0) is 4.79 Å². The Kier molecular flexibility index (Phi) is 2.46. The molecule has 1 aliphatic rings. The van der Waals surface area contributed by atoms with Crippen LogP contribution in [0.15, 0.2) is 0 Å². The third-order valence-corrected chi connectivity index (χ3v) is 2.02. The van der Waals surface area contributed by atoms with Gasteiger partial charge in [-0.3, -0.25) is 4.79 Å². The van der Waals surface area contributed by atoms with Gasteiger partial charge in [0.1, 0.15) is 0 Å². The fourth-order valence-corrected chi connectivity index (χ4v) is 1.34. The molecule has 0 amide bonds. The van der Waals surface area contributed by atoms with Gasteiger partial charge in [-0.05, 0) is 18.3 Å². The van der Waals surface area contributed by atoms with Crippen LogP contribution in [0.1, 0.15) is 19.3 Å². The smallest absolute Gasteiger partial charge is 0.303 e. The van der Waals surface area contributed by atoms with Gasteiger partial charge in [-0.1, -0.05) is 0 Å². The normalized spacial score (nSPS) is 29.0. The second-order valence-corrected chi connectivity index (χ2v) is 3.07. The molecule has 0 saturated heterocycles. The van der Waals surface area contributed by atoms with Crippen LogP contribution in [-0.4, -0.2) is 27.6 Å². The van der Waals surface area contributed by atoms with E-state index in [4.69, 9.17) is 15.3 Å². The number of aliphatic carboxylic acids is 1. The highest BCUT2D eigenvalue weighted by molar-refractivity contribution is 5.67. The first-order chi connectivity index (χ1) is 5.09. The van der Waals surface area contributed by atoms with E-state index in [9.17, 15) is 4.79 Å². The molecule has 2 atom stereocenters. The van der Waals surface area contributed by atoms with Crippen molar-refractivity contribution in [3.63, 3.8) is 0 Å². The maximum Gasteiger partial charge on any atom is 0.303 e. The second-order valence-electron chi connectivity index (χ2n) is 3.07. The highest BCUT2D eigenvalue weighted by Crippen LogP contribution is 2.44. The van der Waals surface area contributed by atoms with Crippen molar-refractivity contribution in [3.05, 3.63) is 0 Å². The van der Waals surface area contributed by atoms with E-state index < -0.39 is 12.3 Å². The van der Waals surface area contributed by atoms with Crippen molar-refractivity contribution in [1.82, 2.24) is 0 Å². The summed E-state index contributed by atoms with van der Waals surface area (Å²) < 4.78 is 0. The molecule has 0 heterocycles. The van der Waals surface area contributed by atoms with Crippen LogP contribution in [0.5, 0.6) is 0 Å². The predicted molar refractivity (Wildman–Crippen MR) is 36.7 cm³/mol. The van der Waals surface area contributed by atoms with Crippen molar-refractivity contribution in [2.24, 2.45) is 11.8 Å². The van der Waals surface area contributed by atoms with Gasteiger partial charge in [-0.15, -0.1) is 0 Å². The summed E-state index contributed by atoms with van der Waals surface area (Å²) in [6.07, 6.45) is 0.0259. The van der Waals surface area contributed by atoms with E-state index in [1.807, 2.05) is 0 Å². The van der Waals surface area contributed by atoms with Gasteiger partial charge >= 0.3 is 5.97 Å². The maximum atomic E-state index is 10.2. The lowest BCUT2D eigenvalue weighted by Gasteiger charge is -1.99. The topological polar surface area (TPSA) is 77.8 Å². The first-order valence-electron chi connectivity index (χ1n) is 3.67. The molecule has 4 heteroatoms. The van der Waals surface area contributed by atoms with Gasteiger partial charge in [0.25, 0.3) is 0 Å². The van der Waals surface area contributed by atoms with Crippen LogP contribution in [0, 0.1) is 11.8 Å². The first kappa shape index (κ1) is 8.49. The highest BCUT2D eigenvalue weighted by Gasteiger charge is 2.39. The van der Waals surface area contributed by atoms with Crippen LogP contribution < -0.4 is 0 Å². The molecule has 0 radical (unpaired) electrons. The highest BCUT2D eigenvalue weighted by atomic mass is 16.5. The zero-order valence-electron chi connectivity index (χ0n) is 6.10. The van der Waals surface area contributed by atoms with Crippen LogP contribution in [0.25, 0.3) is 0 Å². The third kappa shape index (κ3) is 2.86. The second kappa shape index (κ2) is 3.19. The van der Waals surface area contributed by atoms with E-state index in [1.165, 1.54) is 0 Å². The average molecular weight is 160 g/mol. The molecular formula is C7H12O4. The van der Waals surface area contributed by atoms with Crippen LogP contribution in [0.4, 0.5) is 0 Å². The lowest BCUT2D eigenvalue weighted by Crippen LogP contribution is -2.06. The number of aliphatic hydroxyl groups excluding tert-OH is 1. The number of carboxylic acids is 1. The number of hydrogen-bond donors (Lipinski definition) is 3. The zero-order valence-corrected chi connectivity index (χ0v) is 6.10. The molecule has 0 aromatic heterocycles. The summed E-state index contributed by atoms with van der Waals surface area (Å²) in [5.74, 6) is -0.412. The lowest BCUT2D eigenvalue weighted by atomic mass is 10.2. The molecule has 0 unspecified atom stereocenters. The van der Waals surface area contributed by atoms with Gasteiger partial charge in [-0.25, -0.2) is 0 Å². The number of hydrogen-bond acceptors (Lipinski definition) is 3. The number of carbonyl (C=O) groups is 1. The van der Waals surface area contributed by atoms with Crippen molar-refractivity contribution < 1.29 is 20.1 Å². The molecule has 0 aromatic carbocycles. The molecule has 3 N–H and O–H groups in total. The molecule has 0 bridgehead atoms. The Bertz CT molecular complexity index is 155. The lowest BCUT2D eigenvalue weighted by molar-refractivity contribution is -0.137. The molecule has 0 aromatic rings.